The predicted molar refractivity (Wildman–Crippen MR) is 117 cm³/mol. The molecule has 0 saturated heterocycles. The van der Waals surface area contributed by atoms with Crippen LogP contribution >= 0.6 is 0 Å². The number of carboxylic acid groups (broad SMARTS) is 1. The molecule has 0 bridgehead atoms. The van der Waals surface area contributed by atoms with Gasteiger partial charge in [0.15, 0.2) is 0 Å². The maximum absolute atomic E-state index is 14.6. The van der Waals surface area contributed by atoms with E-state index in [0.29, 0.717) is 12.4 Å². The van der Waals surface area contributed by atoms with Crippen molar-refractivity contribution in [2.75, 3.05) is 6.61 Å². The first-order chi connectivity index (χ1) is 16.9. The Bertz CT molecular complexity index is 1210. The molecule has 36 heavy (non-hydrogen) atoms. The van der Waals surface area contributed by atoms with Gasteiger partial charge < -0.3 is 25.4 Å². The van der Waals surface area contributed by atoms with Gasteiger partial charge in [-0.25, -0.2) is 14.2 Å². The number of halogens is 4. The Balaban J connectivity index is 0.000000384. The quantitative estimate of drug-likeness (QED) is 0.493. The van der Waals surface area contributed by atoms with Crippen molar-refractivity contribution in [3.05, 3.63) is 58.6 Å². The van der Waals surface area contributed by atoms with E-state index >= 15 is 0 Å². The molecule has 1 aromatic rings. The van der Waals surface area contributed by atoms with Gasteiger partial charge in [0.1, 0.15) is 35.4 Å². The minimum Gasteiger partial charge on any atom is -0.490 e. The lowest BCUT2D eigenvalue weighted by molar-refractivity contribution is -0.192. The Kier molecular flexibility index (Phi) is 6.47. The van der Waals surface area contributed by atoms with Gasteiger partial charge in [0, 0.05) is 23.5 Å². The van der Waals surface area contributed by atoms with E-state index in [4.69, 9.17) is 30.1 Å². The fourth-order valence-electron chi connectivity index (χ4n) is 5.28. The molecule has 1 saturated carbocycles. The van der Waals surface area contributed by atoms with Crippen LogP contribution in [-0.2, 0) is 19.9 Å². The first-order valence-electron chi connectivity index (χ1n) is 11.2. The second-order valence-corrected chi connectivity index (χ2v) is 9.10. The van der Waals surface area contributed by atoms with E-state index in [-0.39, 0.29) is 35.6 Å². The van der Waals surface area contributed by atoms with E-state index in [0.717, 1.165) is 31.3 Å². The smallest absolute Gasteiger partial charge is 0.490 e. The number of fused-ring (bicyclic) bond motifs is 3. The highest BCUT2D eigenvalue weighted by Crippen LogP contribution is 2.53. The second kappa shape index (κ2) is 9.13. The molecule has 4 aliphatic rings. The highest BCUT2D eigenvalue weighted by atomic mass is 19.4. The Labute approximate surface area is 203 Å². The molecule has 8 nitrogen and oxygen atoms in total. The van der Waals surface area contributed by atoms with Crippen LogP contribution < -0.4 is 5.73 Å². The van der Waals surface area contributed by atoms with Crippen LogP contribution in [0, 0.1) is 23.1 Å². The number of carboxylic acids is 1. The Morgan fingerprint density at radius 3 is 2.58 bits per heavy atom. The first kappa shape index (κ1) is 25.5. The highest BCUT2D eigenvalue weighted by molar-refractivity contribution is 5.75. The van der Waals surface area contributed by atoms with Crippen LogP contribution in [0.5, 0.6) is 0 Å². The lowest BCUT2D eigenvalue weighted by Gasteiger charge is -2.49. The number of benzene rings is 1. The van der Waals surface area contributed by atoms with Gasteiger partial charge in [-0.3, -0.25) is 0 Å². The fourth-order valence-corrected chi connectivity index (χ4v) is 5.28. The summed E-state index contributed by atoms with van der Waals surface area (Å²) in [5, 5.41) is 27.8. The molecule has 2 aliphatic carbocycles. The first-order valence-corrected chi connectivity index (χ1v) is 11.2. The summed E-state index contributed by atoms with van der Waals surface area (Å²) >= 11 is 0. The largest absolute Gasteiger partial charge is 0.490 e. The molecule has 2 unspecified atom stereocenters. The van der Waals surface area contributed by atoms with Crippen LogP contribution in [0.2, 0.25) is 0 Å². The number of amidine groups is 1. The minimum atomic E-state index is -5.08. The van der Waals surface area contributed by atoms with Crippen LogP contribution in [0.4, 0.5) is 17.6 Å². The van der Waals surface area contributed by atoms with Gasteiger partial charge in [-0.1, -0.05) is 6.42 Å². The molecular weight excluding hydrogens is 486 g/mol. The Morgan fingerprint density at radius 2 is 1.97 bits per heavy atom. The molecule has 4 N–H and O–H groups in total. The number of nitrogens with zero attached hydrogens (tertiary/aromatic N) is 2. The molecule has 2 aliphatic heterocycles. The van der Waals surface area contributed by atoms with Gasteiger partial charge >= 0.3 is 12.1 Å². The fraction of sp³-hybridized carbons (Fsp3) is 0.458. The van der Waals surface area contributed by atoms with Gasteiger partial charge in [0.05, 0.1) is 11.6 Å². The second-order valence-electron chi connectivity index (χ2n) is 9.10. The number of aliphatic imine (C=N–C) groups is 1. The van der Waals surface area contributed by atoms with Crippen LogP contribution in [0.3, 0.4) is 0 Å². The number of nitrogens with two attached hydrogens (primary N) is 1. The normalized spacial score (nSPS) is 30.6. The summed E-state index contributed by atoms with van der Waals surface area (Å²) < 4.78 is 58.3. The molecule has 0 aromatic heterocycles. The number of carbonyl (C=O) groups is 1. The number of aliphatic carboxylic acids is 1. The summed E-state index contributed by atoms with van der Waals surface area (Å²) in [6.45, 7) is 0.298. The molecule has 0 amide bonds. The molecule has 192 valence electrons. The molecule has 4 atom stereocenters. The molecule has 1 spiro atoms. The van der Waals surface area contributed by atoms with E-state index in [9.17, 15) is 27.9 Å². The molecule has 0 radical (unpaired) electrons. The van der Waals surface area contributed by atoms with Crippen LogP contribution in [-0.4, -0.2) is 46.6 Å². The van der Waals surface area contributed by atoms with Crippen LogP contribution in [0.25, 0.3) is 0 Å². The van der Waals surface area contributed by atoms with Crippen molar-refractivity contribution in [3.63, 3.8) is 0 Å². The summed E-state index contributed by atoms with van der Waals surface area (Å²) in [6, 6.07) is 6.14. The van der Waals surface area contributed by atoms with Crippen molar-refractivity contribution in [3.8, 4) is 6.07 Å². The number of allylic oxidation sites excluding steroid dienone is 1. The van der Waals surface area contributed by atoms with Crippen LogP contribution in [0.1, 0.15) is 43.2 Å². The number of alkyl halides is 3. The van der Waals surface area contributed by atoms with Crippen molar-refractivity contribution in [1.29, 1.82) is 5.26 Å². The third-order valence-electron chi connectivity index (χ3n) is 6.93. The maximum atomic E-state index is 14.6. The topological polar surface area (TPSA) is 138 Å². The van der Waals surface area contributed by atoms with Gasteiger partial charge in [0.25, 0.3) is 6.02 Å². The average molecular weight is 509 g/mol. The molecule has 5 rings (SSSR count). The van der Waals surface area contributed by atoms with E-state index in [2.05, 4.69) is 0 Å². The van der Waals surface area contributed by atoms with Gasteiger partial charge in [0.2, 0.25) is 0 Å². The van der Waals surface area contributed by atoms with E-state index in [1.807, 2.05) is 6.07 Å². The standard InChI is InChI=1S/C22H22FN3O3.C2HF3O2/c23-17-6-5-13(11-24)9-15(17)21(27)8-7-19-16(10-21)22(12-28-20(25)26-22)14-3-1-2-4-18(14)29-19;3-2(4,5)1(6)7/h5-9,14,18,27H,1-4,10,12H2,(H2,25,26);(H,6,7)/t14-,18-,21?,22?;/m0./s1. The lowest BCUT2D eigenvalue weighted by atomic mass is 9.64. The predicted octanol–water partition coefficient (Wildman–Crippen LogP) is 3.40. The number of rotatable bonds is 1. The average Bonchev–Trinajstić information content (AvgIpc) is 3.22. The summed E-state index contributed by atoms with van der Waals surface area (Å²) in [7, 11) is 0. The number of ether oxygens (including phenoxy) is 2. The molecule has 12 heteroatoms. The van der Waals surface area contributed by atoms with E-state index < -0.39 is 29.1 Å². The third-order valence-corrected chi connectivity index (χ3v) is 6.93. The lowest BCUT2D eigenvalue weighted by Crippen LogP contribution is -2.53. The van der Waals surface area contributed by atoms with Crippen molar-refractivity contribution in [2.45, 2.75) is 55.5 Å². The zero-order valence-electron chi connectivity index (χ0n) is 18.9. The minimum absolute atomic E-state index is 0.0234. The monoisotopic (exact) mass is 509 g/mol. The Hall–Kier alpha value is -3.59. The van der Waals surface area contributed by atoms with Gasteiger partial charge in [-0.15, -0.1) is 0 Å². The molecule has 2 heterocycles. The molecule has 1 aromatic carbocycles. The van der Waals surface area contributed by atoms with Crippen LogP contribution in [0.15, 0.2) is 46.7 Å². The third kappa shape index (κ3) is 4.51. The summed E-state index contributed by atoms with van der Waals surface area (Å²) in [5.41, 5.74) is 4.74. The molecule has 1 fully saturated rings. The van der Waals surface area contributed by atoms with Crippen molar-refractivity contribution in [2.24, 2.45) is 16.6 Å². The van der Waals surface area contributed by atoms with E-state index in [1.54, 1.807) is 12.2 Å². The van der Waals surface area contributed by atoms with Gasteiger partial charge in [-0.05, 0) is 49.6 Å². The summed E-state index contributed by atoms with van der Waals surface area (Å²) in [4.78, 5) is 13.6. The summed E-state index contributed by atoms with van der Waals surface area (Å²) in [5.74, 6) is -2.56. The summed E-state index contributed by atoms with van der Waals surface area (Å²) in [6.07, 6.45) is 2.34. The van der Waals surface area contributed by atoms with Crippen molar-refractivity contribution >= 4 is 12.0 Å². The Morgan fingerprint density at radius 1 is 1.28 bits per heavy atom. The number of hydrogen-bond acceptors (Lipinski definition) is 7. The SMILES string of the molecule is N#Cc1ccc(F)c(C2(O)C=CC3=C(C2)C2(COC(N)=N2)[C@H]2CCCC[C@@H]2O3)c1.O=C(O)C(F)(F)F. The van der Waals surface area contributed by atoms with Gasteiger partial charge in [-0.2, -0.15) is 18.4 Å². The maximum Gasteiger partial charge on any atom is 0.490 e. The highest BCUT2D eigenvalue weighted by Gasteiger charge is 2.57. The number of aliphatic hydroxyl groups is 1. The number of hydrogen-bond donors (Lipinski definition) is 3. The zero-order valence-corrected chi connectivity index (χ0v) is 18.9. The number of nitriles is 1. The van der Waals surface area contributed by atoms with E-state index in [1.165, 1.54) is 18.2 Å². The molecular formula is C24H23F4N3O5. The zero-order chi connectivity index (χ0) is 26.3. The van der Waals surface area contributed by atoms with Crippen molar-refractivity contribution in [1.82, 2.24) is 0 Å². The van der Waals surface area contributed by atoms with Crippen molar-refractivity contribution < 1.29 is 42.0 Å².